The molecule has 0 aromatic carbocycles. The van der Waals surface area contributed by atoms with E-state index in [1.165, 1.54) is 0 Å². The van der Waals surface area contributed by atoms with Crippen molar-refractivity contribution < 1.29 is 47.3 Å². The number of hydrogen-bond acceptors (Lipinski definition) is 9. The SMILES string of the molecule is COC1CC(C)CC(C)=CCC(=O)CCC(C)COC(=O)C2CCCC[N+]2(O[Si](C(C)C)(C(C)C)C(C)C)C(=O)C(=O)C2OC1C(OC)CC2C. The molecule has 0 N–H and O–H groups in total. The standard InChI is InChI=1S/C40H70NO9Si/c1-25(2)51(26(3)4,27(5)6)50-41-20-14-13-15-33(41)40(45)48-24-29(8)17-19-32(42)18-16-28(7)21-30(9)22-34(46-11)38-35(47-12)23-31(10)37(49-38)36(43)39(41)44/h16,25-27,29-31,33-35,37-38H,13-15,17-24H2,1-12H3/q+1. The van der Waals surface area contributed by atoms with Gasteiger partial charge in [-0.3, -0.25) is 9.59 Å². The van der Waals surface area contributed by atoms with Gasteiger partial charge in [-0.15, -0.1) is 4.65 Å². The lowest BCUT2D eigenvalue weighted by Crippen LogP contribution is -2.72. The van der Waals surface area contributed by atoms with Crippen molar-refractivity contribution in [2.45, 2.75) is 174 Å². The molecular formula is C40H70NO9Si+. The molecule has 2 saturated heterocycles. The molecule has 292 valence electrons. The summed E-state index contributed by atoms with van der Waals surface area (Å²) in [5.74, 6) is -1.94. The topological polar surface area (TPSA) is 114 Å². The minimum atomic E-state index is -2.83. The van der Waals surface area contributed by atoms with Gasteiger partial charge in [0.25, 0.3) is 14.1 Å². The number of methoxy groups -OCH3 is 2. The molecule has 0 aliphatic carbocycles. The molecule has 3 aliphatic rings. The zero-order valence-electron chi connectivity index (χ0n) is 33.8. The molecule has 11 heteroatoms. The second-order valence-corrected chi connectivity index (χ2v) is 22.4. The number of ether oxygens (including phenoxy) is 4. The summed E-state index contributed by atoms with van der Waals surface area (Å²) in [7, 11) is 0.449. The molecular weight excluding hydrogens is 667 g/mol. The molecule has 1 amide bonds. The first-order valence-electron chi connectivity index (χ1n) is 19.7. The van der Waals surface area contributed by atoms with Crippen LogP contribution in [0.25, 0.3) is 0 Å². The quantitative estimate of drug-likeness (QED) is 0.0854. The van der Waals surface area contributed by atoms with Crippen molar-refractivity contribution in [2.24, 2.45) is 17.8 Å². The Hall–Kier alpha value is -1.76. The Morgan fingerprint density at radius 1 is 0.843 bits per heavy atom. The van der Waals surface area contributed by atoms with Gasteiger partial charge in [0.05, 0.1) is 18.8 Å². The van der Waals surface area contributed by atoms with E-state index in [9.17, 15) is 14.4 Å². The third-order valence-electron chi connectivity index (χ3n) is 12.0. The summed E-state index contributed by atoms with van der Waals surface area (Å²) in [6.07, 6.45) is 4.64. The van der Waals surface area contributed by atoms with Crippen molar-refractivity contribution in [3.8, 4) is 0 Å². The molecule has 2 bridgehead atoms. The van der Waals surface area contributed by atoms with E-state index in [4.69, 9.17) is 23.5 Å². The highest BCUT2D eigenvalue weighted by atomic mass is 28.4. The molecule has 9 unspecified atom stereocenters. The van der Waals surface area contributed by atoms with Gasteiger partial charge in [0.15, 0.2) is 0 Å². The number of ketones is 2. The molecule has 0 aromatic heterocycles. The highest BCUT2D eigenvalue weighted by molar-refractivity contribution is 6.77. The number of quaternary nitrogens is 1. The van der Waals surface area contributed by atoms with Crippen LogP contribution >= 0.6 is 0 Å². The second-order valence-electron chi connectivity index (χ2n) is 17.0. The van der Waals surface area contributed by atoms with E-state index in [2.05, 4.69) is 48.5 Å². The van der Waals surface area contributed by atoms with E-state index < -0.39 is 55.0 Å². The van der Waals surface area contributed by atoms with Gasteiger partial charge in [-0.2, -0.15) is 0 Å². The molecule has 0 aromatic rings. The number of cyclic esters (lactones) is 1. The van der Waals surface area contributed by atoms with E-state index in [0.29, 0.717) is 51.4 Å². The number of rotatable bonds is 7. The first-order chi connectivity index (χ1) is 23.9. The molecule has 10 nitrogen and oxygen atoms in total. The number of Topliss-reactive ketones (excluding diaryl/α,β-unsaturated/α-hetero) is 2. The third-order valence-corrected chi connectivity index (χ3v) is 18.1. The molecule has 51 heavy (non-hydrogen) atoms. The first-order valence-corrected chi connectivity index (χ1v) is 21.8. The van der Waals surface area contributed by atoms with Crippen LogP contribution in [0.3, 0.4) is 0 Å². The predicted molar refractivity (Wildman–Crippen MR) is 200 cm³/mol. The molecule has 0 saturated carbocycles. The van der Waals surface area contributed by atoms with E-state index in [1.54, 1.807) is 14.2 Å². The lowest BCUT2D eigenvalue weighted by Gasteiger charge is -2.50. The monoisotopic (exact) mass is 736 g/mol. The van der Waals surface area contributed by atoms with Gasteiger partial charge < -0.3 is 18.9 Å². The number of piperidine rings is 1. The average molecular weight is 737 g/mol. The van der Waals surface area contributed by atoms with Crippen LogP contribution < -0.4 is 0 Å². The smallest absolute Gasteiger partial charge is 0.416 e. The van der Waals surface area contributed by atoms with Crippen LogP contribution in [0.1, 0.15) is 127 Å². The lowest BCUT2D eigenvalue weighted by molar-refractivity contribution is -1.04. The second kappa shape index (κ2) is 19.0. The number of carbonyl (C=O) groups excluding carboxylic acids is 4. The van der Waals surface area contributed by atoms with Crippen molar-refractivity contribution in [2.75, 3.05) is 27.4 Å². The molecule has 3 rings (SSSR count). The van der Waals surface area contributed by atoms with Gasteiger partial charge >= 0.3 is 11.9 Å². The number of esters is 1. The normalized spacial score (nSPS) is 34.6. The van der Waals surface area contributed by atoms with Gasteiger partial charge in [0.2, 0.25) is 6.04 Å². The highest BCUT2D eigenvalue weighted by Crippen LogP contribution is 2.47. The lowest BCUT2D eigenvalue weighted by atomic mass is 9.84. The summed E-state index contributed by atoms with van der Waals surface area (Å²) in [6, 6.07) is -0.983. The number of hydroxylamine groups is 3. The Labute approximate surface area is 309 Å². The Morgan fingerprint density at radius 3 is 2.04 bits per heavy atom. The van der Waals surface area contributed by atoms with Crippen molar-refractivity contribution in [3.05, 3.63) is 11.6 Å². The Balaban J connectivity index is 2.17. The molecule has 3 aliphatic heterocycles. The van der Waals surface area contributed by atoms with E-state index in [-0.39, 0.29) is 59.4 Å². The molecule has 9 atom stereocenters. The van der Waals surface area contributed by atoms with Crippen LogP contribution in [-0.2, 0) is 42.7 Å². The van der Waals surface area contributed by atoms with Crippen LogP contribution in [0.2, 0.25) is 16.6 Å². The number of carbonyl (C=O) groups is 4. The fourth-order valence-electron chi connectivity index (χ4n) is 9.21. The van der Waals surface area contributed by atoms with Crippen molar-refractivity contribution >= 4 is 31.8 Å². The van der Waals surface area contributed by atoms with Crippen molar-refractivity contribution in [1.82, 2.24) is 0 Å². The summed E-state index contributed by atoms with van der Waals surface area (Å²) in [5.41, 5.74) is 1.45. The van der Waals surface area contributed by atoms with Crippen LogP contribution in [-0.4, -0.2) is 94.2 Å². The number of hydrogen-bond donors (Lipinski definition) is 0. The van der Waals surface area contributed by atoms with Gasteiger partial charge in [-0.05, 0) is 73.4 Å². The fourth-order valence-corrected chi connectivity index (χ4v) is 14.7. The third kappa shape index (κ3) is 10.1. The number of allylic oxidation sites excluding steroid dienone is 2. The summed E-state index contributed by atoms with van der Waals surface area (Å²) >= 11 is 0. The maximum atomic E-state index is 15.2. The molecule has 2 fully saturated rings. The van der Waals surface area contributed by atoms with E-state index in [0.717, 1.165) is 12.0 Å². The average Bonchev–Trinajstić information content (AvgIpc) is 3.08. The highest BCUT2D eigenvalue weighted by Gasteiger charge is 2.63. The number of amides is 1. The summed E-state index contributed by atoms with van der Waals surface area (Å²) in [5, 5.41) is 0. The predicted octanol–water partition coefficient (Wildman–Crippen LogP) is 7.68. The van der Waals surface area contributed by atoms with Gasteiger partial charge in [-0.25, -0.2) is 14.1 Å². The van der Waals surface area contributed by atoms with Gasteiger partial charge in [0.1, 0.15) is 24.5 Å². The van der Waals surface area contributed by atoms with Crippen LogP contribution in [0.5, 0.6) is 0 Å². The van der Waals surface area contributed by atoms with Crippen molar-refractivity contribution in [3.63, 3.8) is 0 Å². The van der Waals surface area contributed by atoms with Crippen LogP contribution in [0.15, 0.2) is 11.6 Å². The van der Waals surface area contributed by atoms with E-state index in [1.807, 2.05) is 26.8 Å². The Morgan fingerprint density at radius 2 is 1.45 bits per heavy atom. The van der Waals surface area contributed by atoms with Crippen LogP contribution in [0.4, 0.5) is 0 Å². The summed E-state index contributed by atoms with van der Waals surface area (Å²) in [6.45, 7) is 21.2. The molecule has 0 radical (unpaired) electrons. The number of nitrogens with zero attached hydrogens (tertiary/aromatic N) is 1. The van der Waals surface area contributed by atoms with Crippen LogP contribution in [0, 0.1) is 17.8 Å². The minimum Gasteiger partial charge on any atom is -0.461 e. The van der Waals surface area contributed by atoms with Gasteiger partial charge in [-0.1, -0.05) is 74.0 Å². The zero-order chi connectivity index (χ0) is 38.3. The molecule has 0 spiro atoms. The van der Waals surface area contributed by atoms with Crippen molar-refractivity contribution in [1.29, 1.82) is 0 Å². The summed E-state index contributed by atoms with van der Waals surface area (Å²) < 4.78 is 31.3. The minimum absolute atomic E-state index is 0.0514. The Kier molecular flexibility index (Phi) is 16.3. The number of fused-ring (bicyclic) bond motifs is 3. The molecule has 3 heterocycles. The van der Waals surface area contributed by atoms with Gasteiger partial charge in [0, 0.05) is 39.9 Å². The maximum Gasteiger partial charge on any atom is 0.416 e. The Bertz CT molecular complexity index is 1210. The largest absolute Gasteiger partial charge is 0.461 e. The van der Waals surface area contributed by atoms with E-state index >= 15 is 4.79 Å². The fraction of sp³-hybridized carbons (Fsp3) is 0.850. The first kappa shape index (κ1) is 43.6. The summed E-state index contributed by atoms with van der Waals surface area (Å²) in [4.78, 5) is 57.1. The zero-order valence-corrected chi connectivity index (χ0v) is 34.8. The maximum absolute atomic E-state index is 15.2.